The Bertz CT molecular complexity index is 638. The molecule has 1 unspecified atom stereocenters. The van der Waals surface area contributed by atoms with E-state index < -0.39 is 0 Å². The second-order valence-electron chi connectivity index (χ2n) is 6.77. The van der Waals surface area contributed by atoms with Gasteiger partial charge >= 0.3 is 0 Å². The van der Waals surface area contributed by atoms with Gasteiger partial charge < -0.3 is 5.32 Å². The highest BCUT2D eigenvalue weighted by molar-refractivity contribution is 5.78. The number of para-hydroxylation sites is 1. The molecule has 136 valence electrons. The summed E-state index contributed by atoms with van der Waals surface area (Å²) in [5.41, 5.74) is 2.13. The summed E-state index contributed by atoms with van der Waals surface area (Å²) in [5, 5.41) is 7.48. The summed E-state index contributed by atoms with van der Waals surface area (Å²) in [5.74, 6) is 0.0851. The van der Waals surface area contributed by atoms with Gasteiger partial charge in [0.15, 0.2) is 0 Å². The second-order valence-corrected chi connectivity index (χ2v) is 6.77. The Labute approximate surface area is 151 Å². The van der Waals surface area contributed by atoms with Gasteiger partial charge in [-0.05, 0) is 32.5 Å². The number of unbranched alkanes of at least 4 members (excludes halogenated alkanes) is 2. The Kier molecular flexibility index (Phi) is 7.67. The lowest BCUT2D eigenvalue weighted by molar-refractivity contribution is -0.122. The second kappa shape index (κ2) is 9.99. The molecule has 1 atom stereocenters. The molecule has 0 aliphatic rings. The first-order valence-electron chi connectivity index (χ1n) is 9.15. The van der Waals surface area contributed by atoms with Crippen molar-refractivity contribution in [1.82, 2.24) is 20.0 Å². The van der Waals surface area contributed by atoms with Gasteiger partial charge in [-0.25, -0.2) is 4.68 Å². The zero-order valence-corrected chi connectivity index (χ0v) is 15.6. The average Bonchev–Trinajstić information content (AvgIpc) is 3.04. The van der Waals surface area contributed by atoms with Crippen molar-refractivity contribution in [2.75, 3.05) is 13.6 Å². The first-order chi connectivity index (χ1) is 12.1. The lowest BCUT2D eigenvalue weighted by Crippen LogP contribution is -2.39. The van der Waals surface area contributed by atoms with Crippen LogP contribution in [0.2, 0.25) is 0 Å². The fourth-order valence-electron chi connectivity index (χ4n) is 2.87. The van der Waals surface area contributed by atoms with E-state index in [1.54, 1.807) is 0 Å². The SMILES string of the molecule is CCCCCC(C)NC(=O)CN(C)Cc1cnn(-c2ccccc2)c1. The molecule has 1 heterocycles. The van der Waals surface area contributed by atoms with Crippen molar-refractivity contribution < 1.29 is 4.79 Å². The topological polar surface area (TPSA) is 50.2 Å². The number of hydrogen-bond acceptors (Lipinski definition) is 3. The molecule has 0 spiro atoms. The molecule has 0 saturated heterocycles. The van der Waals surface area contributed by atoms with E-state index in [2.05, 4.69) is 24.3 Å². The van der Waals surface area contributed by atoms with Gasteiger partial charge in [0.25, 0.3) is 0 Å². The Morgan fingerprint density at radius 3 is 2.76 bits per heavy atom. The number of aromatic nitrogens is 2. The van der Waals surface area contributed by atoms with Crippen molar-refractivity contribution in [3.8, 4) is 5.69 Å². The Morgan fingerprint density at radius 1 is 1.28 bits per heavy atom. The van der Waals surface area contributed by atoms with Crippen molar-refractivity contribution in [2.45, 2.75) is 52.1 Å². The van der Waals surface area contributed by atoms with Crippen LogP contribution in [0.5, 0.6) is 0 Å². The summed E-state index contributed by atoms with van der Waals surface area (Å²) < 4.78 is 1.86. The van der Waals surface area contributed by atoms with Gasteiger partial charge in [0.1, 0.15) is 0 Å². The third kappa shape index (κ3) is 6.70. The third-order valence-corrected chi connectivity index (χ3v) is 4.17. The van der Waals surface area contributed by atoms with E-state index in [1.165, 1.54) is 19.3 Å². The van der Waals surface area contributed by atoms with Gasteiger partial charge in [-0.15, -0.1) is 0 Å². The normalized spacial score (nSPS) is 12.3. The summed E-state index contributed by atoms with van der Waals surface area (Å²) >= 11 is 0. The van der Waals surface area contributed by atoms with Gasteiger partial charge in [0.05, 0.1) is 18.4 Å². The van der Waals surface area contributed by atoms with E-state index >= 15 is 0 Å². The van der Waals surface area contributed by atoms with Crippen LogP contribution in [0.1, 0.15) is 45.1 Å². The highest BCUT2D eigenvalue weighted by Gasteiger charge is 2.11. The van der Waals surface area contributed by atoms with Crippen molar-refractivity contribution in [1.29, 1.82) is 0 Å². The fourth-order valence-corrected chi connectivity index (χ4v) is 2.87. The van der Waals surface area contributed by atoms with Crippen molar-refractivity contribution >= 4 is 5.91 Å². The predicted molar refractivity (Wildman–Crippen MR) is 102 cm³/mol. The van der Waals surface area contributed by atoms with E-state index in [9.17, 15) is 4.79 Å². The molecule has 0 aliphatic carbocycles. The minimum atomic E-state index is 0.0851. The predicted octanol–water partition coefficient (Wildman–Crippen LogP) is 3.39. The van der Waals surface area contributed by atoms with Crippen LogP contribution >= 0.6 is 0 Å². The van der Waals surface area contributed by atoms with Crippen LogP contribution in [-0.4, -0.2) is 40.2 Å². The summed E-state index contributed by atoms with van der Waals surface area (Å²) in [7, 11) is 1.96. The molecule has 2 rings (SSSR count). The highest BCUT2D eigenvalue weighted by atomic mass is 16.2. The molecule has 0 saturated carbocycles. The lowest BCUT2D eigenvalue weighted by atomic mass is 10.1. The highest BCUT2D eigenvalue weighted by Crippen LogP contribution is 2.09. The molecule has 1 aromatic carbocycles. The number of hydrogen-bond donors (Lipinski definition) is 1. The molecule has 0 bridgehead atoms. The first kappa shape index (κ1) is 19.2. The zero-order valence-electron chi connectivity index (χ0n) is 15.6. The van der Waals surface area contributed by atoms with Crippen molar-refractivity contribution in [3.63, 3.8) is 0 Å². The number of nitrogens with one attached hydrogen (secondary N) is 1. The molecule has 0 radical (unpaired) electrons. The maximum atomic E-state index is 12.1. The van der Waals surface area contributed by atoms with Crippen molar-refractivity contribution in [2.24, 2.45) is 0 Å². The summed E-state index contributed by atoms with van der Waals surface area (Å²) in [6.45, 7) is 5.37. The van der Waals surface area contributed by atoms with Crippen LogP contribution in [0.4, 0.5) is 0 Å². The molecule has 5 heteroatoms. The minimum absolute atomic E-state index is 0.0851. The number of rotatable bonds is 10. The molecular weight excluding hydrogens is 312 g/mol. The molecule has 0 aliphatic heterocycles. The van der Waals surface area contributed by atoms with Gasteiger partial charge in [0.2, 0.25) is 5.91 Å². The van der Waals surface area contributed by atoms with Gasteiger partial charge in [-0.1, -0.05) is 44.4 Å². The standard InChI is InChI=1S/C20H30N4O/c1-4-5-7-10-17(2)22-20(25)16-23(3)14-18-13-21-24(15-18)19-11-8-6-9-12-19/h6,8-9,11-13,15,17H,4-5,7,10,14,16H2,1-3H3,(H,22,25). The Hall–Kier alpha value is -2.14. The molecule has 0 fully saturated rings. The van der Waals surface area contributed by atoms with E-state index in [-0.39, 0.29) is 11.9 Å². The summed E-state index contributed by atoms with van der Waals surface area (Å²) in [4.78, 5) is 14.2. The van der Waals surface area contributed by atoms with E-state index in [4.69, 9.17) is 0 Å². The number of amides is 1. The lowest BCUT2D eigenvalue weighted by Gasteiger charge is -2.18. The minimum Gasteiger partial charge on any atom is -0.353 e. The maximum Gasteiger partial charge on any atom is 0.234 e. The maximum absolute atomic E-state index is 12.1. The van der Waals surface area contributed by atoms with E-state index in [1.807, 2.05) is 59.4 Å². The van der Waals surface area contributed by atoms with Crippen LogP contribution in [0.25, 0.3) is 5.69 Å². The van der Waals surface area contributed by atoms with Gasteiger partial charge in [-0.3, -0.25) is 9.69 Å². The van der Waals surface area contributed by atoms with Crippen LogP contribution in [0.15, 0.2) is 42.7 Å². The van der Waals surface area contributed by atoms with E-state index in [0.29, 0.717) is 13.1 Å². The summed E-state index contributed by atoms with van der Waals surface area (Å²) in [6.07, 6.45) is 8.52. The zero-order chi connectivity index (χ0) is 18.1. The molecule has 2 aromatic rings. The van der Waals surface area contributed by atoms with Crippen LogP contribution in [0, 0.1) is 0 Å². The summed E-state index contributed by atoms with van der Waals surface area (Å²) in [6, 6.07) is 10.3. The van der Waals surface area contributed by atoms with Crippen LogP contribution in [0.3, 0.4) is 0 Å². The Balaban J connectivity index is 1.77. The molecule has 1 aromatic heterocycles. The molecule has 25 heavy (non-hydrogen) atoms. The first-order valence-corrected chi connectivity index (χ1v) is 9.15. The smallest absolute Gasteiger partial charge is 0.234 e. The molecule has 1 N–H and O–H groups in total. The van der Waals surface area contributed by atoms with Gasteiger partial charge in [0, 0.05) is 24.3 Å². The van der Waals surface area contributed by atoms with Crippen LogP contribution < -0.4 is 5.32 Å². The molecular formula is C20H30N4O. The molecule has 5 nitrogen and oxygen atoms in total. The molecule has 1 amide bonds. The number of benzene rings is 1. The van der Waals surface area contributed by atoms with E-state index in [0.717, 1.165) is 17.7 Å². The number of carbonyl (C=O) groups excluding carboxylic acids is 1. The van der Waals surface area contributed by atoms with Crippen LogP contribution in [-0.2, 0) is 11.3 Å². The Morgan fingerprint density at radius 2 is 2.04 bits per heavy atom. The van der Waals surface area contributed by atoms with Gasteiger partial charge in [-0.2, -0.15) is 5.10 Å². The number of carbonyl (C=O) groups is 1. The number of likely N-dealkylation sites (N-methyl/N-ethyl adjacent to an activating group) is 1. The average molecular weight is 342 g/mol. The fraction of sp³-hybridized carbons (Fsp3) is 0.500. The largest absolute Gasteiger partial charge is 0.353 e. The third-order valence-electron chi connectivity index (χ3n) is 4.17. The number of nitrogens with zero attached hydrogens (tertiary/aromatic N) is 3. The van der Waals surface area contributed by atoms with Crippen molar-refractivity contribution in [3.05, 3.63) is 48.3 Å². The quantitative estimate of drug-likeness (QED) is 0.673. The monoisotopic (exact) mass is 342 g/mol.